The molecule has 1 aliphatic heterocycles. The molecule has 73 heavy (non-hydrogen) atoms. The third-order valence-corrected chi connectivity index (χ3v) is 13.8. The van der Waals surface area contributed by atoms with Crippen LogP contribution in [0.3, 0.4) is 0 Å². The number of aryl methyl sites for hydroxylation is 4. The Labute approximate surface area is 417 Å². The lowest BCUT2D eigenvalue weighted by molar-refractivity contribution is 0.0693. The number of carboxylic acids is 1. The van der Waals surface area contributed by atoms with E-state index < -0.39 is 59.4 Å². The molecule has 0 unspecified atom stereocenters. The van der Waals surface area contributed by atoms with Crippen molar-refractivity contribution >= 4 is 89.0 Å². The molecule has 0 atom stereocenters. The van der Waals surface area contributed by atoms with Crippen LogP contribution < -0.4 is 31.9 Å². The SMILES string of the molecule is Cc1cc(C)c(NC(=O)Nc2ccc(O)c(C(=O)O)c2)c(C)c1/N=c1/cc2oc3cc(Nc4c(C)cc(C)c(NC(=O)Nc5ccc(O)cc5)c4C)ccc3c(-c3ccccc3S(=O)(=O)O)c-2cc1S(=O)(=O)O. The molecule has 0 saturated heterocycles. The molecule has 8 rings (SSSR count). The minimum Gasteiger partial charge on any atom is -0.508 e. The Hall–Kier alpha value is -8.76. The number of fused-ring (bicyclic) bond motifs is 2. The van der Waals surface area contributed by atoms with E-state index in [2.05, 4.69) is 26.6 Å². The van der Waals surface area contributed by atoms with Gasteiger partial charge in [0.15, 0.2) is 0 Å². The van der Waals surface area contributed by atoms with Crippen LogP contribution in [-0.4, -0.2) is 59.3 Å². The van der Waals surface area contributed by atoms with Gasteiger partial charge >= 0.3 is 18.0 Å². The highest BCUT2D eigenvalue weighted by atomic mass is 32.2. The number of anilines is 6. The maximum atomic E-state index is 13.4. The maximum Gasteiger partial charge on any atom is 0.339 e. The second kappa shape index (κ2) is 19.4. The molecule has 19 nitrogen and oxygen atoms in total. The zero-order valence-corrected chi connectivity index (χ0v) is 41.3. The van der Waals surface area contributed by atoms with E-state index in [1.807, 2.05) is 26.8 Å². The standard InChI is InChI=1S/C52H46N6O13S2/c1-25-19-27(3)48(57-51(63)54-31-11-15-34(59)16-12-31)29(5)46(25)53-33-13-17-35-41(22-33)71-42-24-39(44(73(68,69)70)23-38(42)45(35)36-9-7-8-10-43(36)72(65,66)67)56-47-26(2)20-28(4)49(30(47)6)58-52(64)55-32-14-18-40(60)37(21-32)50(61)62/h7-24,53,59-60H,1-6H3,(H,61,62)(H2,54,57,63)(H2,55,58,64)(H,65,66,67)(H,68,69,70)/b56-39-. The van der Waals surface area contributed by atoms with Crippen LogP contribution in [0.15, 0.2) is 128 Å². The van der Waals surface area contributed by atoms with Gasteiger partial charge in [-0.1, -0.05) is 30.3 Å². The summed E-state index contributed by atoms with van der Waals surface area (Å²) in [6, 6.07) is 24.5. The van der Waals surface area contributed by atoms with Gasteiger partial charge in [0.1, 0.15) is 38.2 Å². The number of rotatable bonds is 11. The van der Waals surface area contributed by atoms with Crippen molar-refractivity contribution in [1.29, 1.82) is 0 Å². The van der Waals surface area contributed by atoms with E-state index in [1.54, 1.807) is 57.2 Å². The van der Waals surface area contributed by atoms with E-state index in [0.717, 1.165) is 29.3 Å². The normalized spacial score (nSPS) is 11.9. The molecule has 2 aliphatic rings. The number of phenols is 2. The van der Waals surface area contributed by atoms with Crippen molar-refractivity contribution in [3.05, 3.63) is 153 Å². The third-order valence-electron chi connectivity index (χ3n) is 12.0. The van der Waals surface area contributed by atoms with Crippen LogP contribution in [0.4, 0.5) is 49.4 Å². The number of nitrogens with one attached hydrogen (secondary N) is 5. The molecule has 1 aliphatic carbocycles. The zero-order valence-electron chi connectivity index (χ0n) is 39.7. The van der Waals surface area contributed by atoms with Crippen molar-refractivity contribution in [3.8, 4) is 33.9 Å². The summed E-state index contributed by atoms with van der Waals surface area (Å²) in [6.07, 6.45) is 0. The number of phenolic OH excluding ortho intramolecular Hbond substituents is 1. The van der Waals surface area contributed by atoms with Crippen molar-refractivity contribution in [3.63, 3.8) is 0 Å². The second-order valence-electron chi connectivity index (χ2n) is 17.2. The van der Waals surface area contributed by atoms with Gasteiger partial charge in [0.05, 0.1) is 22.4 Å². The number of amides is 4. The van der Waals surface area contributed by atoms with Gasteiger partial charge in [-0.3, -0.25) is 9.11 Å². The largest absolute Gasteiger partial charge is 0.508 e. The monoisotopic (exact) mass is 1030 g/mol. The summed E-state index contributed by atoms with van der Waals surface area (Å²) >= 11 is 0. The quantitative estimate of drug-likeness (QED) is 0.0327. The van der Waals surface area contributed by atoms with Gasteiger partial charge in [-0.2, -0.15) is 16.8 Å². The summed E-state index contributed by atoms with van der Waals surface area (Å²) in [7, 11) is -10.0. The van der Waals surface area contributed by atoms with Crippen LogP contribution in [-0.2, 0) is 20.2 Å². The Kier molecular flexibility index (Phi) is 13.5. The molecular formula is C52H46N6O13S2. The fourth-order valence-electron chi connectivity index (χ4n) is 8.72. The number of carbonyl (C=O) groups is 3. The predicted octanol–water partition coefficient (Wildman–Crippen LogP) is 10.9. The molecule has 0 saturated carbocycles. The van der Waals surface area contributed by atoms with Crippen molar-refractivity contribution in [2.45, 2.75) is 51.3 Å². The smallest absolute Gasteiger partial charge is 0.339 e. The number of carboxylic acid groups (broad SMARTS) is 1. The highest BCUT2D eigenvalue weighted by molar-refractivity contribution is 7.86. The van der Waals surface area contributed by atoms with Crippen LogP contribution in [0.2, 0.25) is 0 Å². The number of hydrogen-bond acceptors (Lipinski definition) is 12. The average Bonchev–Trinajstić information content (AvgIpc) is 3.31. The number of urea groups is 2. The van der Waals surface area contributed by atoms with Crippen LogP contribution in [0.1, 0.15) is 43.7 Å². The van der Waals surface area contributed by atoms with E-state index in [-0.39, 0.29) is 61.6 Å². The maximum absolute atomic E-state index is 13.4. The number of benzene rings is 7. The van der Waals surface area contributed by atoms with Crippen molar-refractivity contribution < 1.29 is 60.1 Å². The van der Waals surface area contributed by atoms with Gasteiger partial charge in [-0.05, 0) is 142 Å². The predicted molar refractivity (Wildman–Crippen MR) is 276 cm³/mol. The topological polar surface area (TPSA) is 306 Å². The van der Waals surface area contributed by atoms with Crippen LogP contribution in [0.25, 0.3) is 33.4 Å². The molecule has 6 aromatic carbocycles. The molecule has 0 radical (unpaired) electrons. The number of hydrogen-bond donors (Lipinski definition) is 10. The Bertz CT molecular complexity index is 3890. The molecule has 1 heterocycles. The minimum absolute atomic E-state index is 0.0130. The molecule has 6 aromatic rings. The first kappa shape index (κ1) is 50.6. The average molecular weight is 1030 g/mol. The zero-order chi connectivity index (χ0) is 52.8. The summed E-state index contributed by atoms with van der Waals surface area (Å²) in [5.41, 5.74) is 6.11. The molecule has 0 spiro atoms. The Morgan fingerprint density at radius 3 is 1.78 bits per heavy atom. The van der Waals surface area contributed by atoms with E-state index in [1.165, 1.54) is 48.5 Å². The number of nitrogens with zero attached hydrogens (tertiary/aromatic N) is 1. The Morgan fingerprint density at radius 1 is 0.562 bits per heavy atom. The summed E-state index contributed by atoms with van der Waals surface area (Å²) in [4.78, 5) is 41.6. The molecular weight excluding hydrogens is 981 g/mol. The first-order valence-corrected chi connectivity index (χ1v) is 24.9. The van der Waals surface area contributed by atoms with E-state index in [9.17, 15) is 55.6 Å². The van der Waals surface area contributed by atoms with E-state index >= 15 is 0 Å². The fourth-order valence-corrected chi connectivity index (χ4v) is 10.1. The Balaban J connectivity index is 1.27. The highest BCUT2D eigenvalue weighted by Gasteiger charge is 2.28. The lowest BCUT2D eigenvalue weighted by Gasteiger charge is -2.21. The molecule has 10 N–H and O–H groups in total. The van der Waals surface area contributed by atoms with Gasteiger partial charge < -0.3 is 46.3 Å². The summed E-state index contributed by atoms with van der Waals surface area (Å²) in [5, 5.41) is 43.3. The lowest BCUT2D eigenvalue weighted by atomic mass is 9.93. The molecule has 0 fully saturated rings. The van der Waals surface area contributed by atoms with Crippen LogP contribution in [0.5, 0.6) is 11.5 Å². The summed E-state index contributed by atoms with van der Waals surface area (Å²) < 4.78 is 80.4. The van der Waals surface area contributed by atoms with Gasteiger partial charge in [-0.25, -0.2) is 19.4 Å². The van der Waals surface area contributed by atoms with Gasteiger partial charge in [0.25, 0.3) is 20.2 Å². The van der Waals surface area contributed by atoms with Crippen molar-refractivity contribution in [2.75, 3.05) is 26.6 Å². The first-order valence-electron chi connectivity index (χ1n) is 22.0. The molecule has 0 bridgehead atoms. The fraction of sp³-hybridized carbons (Fsp3) is 0.115. The molecule has 374 valence electrons. The first-order chi connectivity index (χ1) is 34.4. The minimum atomic E-state index is -5.12. The second-order valence-corrected chi connectivity index (χ2v) is 20.0. The summed E-state index contributed by atoms with van der Waals surface area (Å²) in [6.45, 7) is 10.6. The Morgan fingerprint density at radius 2 is 1.14 bits per heavy atom. The van der Waals surface area contributed by atoms with Gasteiger partial charge in [0, 0.05) is 57.0 Å². The molecule has 21 heteroatoms. The van der Waals surface area contributed by atoms with E-state index in [4.69, 9.17) is 9.41 Å². The van der Waals surface area contributed by atoms with Crippen molar-refractivity contribution in [2.24, 2.45) is 4.99 Å². The van der Waals surface area contributed by atoms with Gasteiger partial charge in [-0.15, -0.1) is 0 Å². The number of aromatic carboxylic acids is 1. The van der Waals surface area contributed by atoms with Crippen LogP contribution in [0, 0.1) is 41.5 Å². The van der Waals surface area contributed by atoms with Crippen molar-refractivity contribution in [1.82, 2.24) is 0 Å². The summed E-state index contributed by atoms with van der Waals surface area (Å²) in [5.74, 6) is -1.90. The lowest BCUT2D eigenvalue weighted by Crippen LogP contribution is -2.21. The number of carbonyl (C=O) groups excluding carboxylic acids is 2. The third kappa shape index (κ3) is 10.5. The van der Waals surface area contributed by atoms with Crippen LogP contribution >= 0.6 is 0 Å². The molecule has 4 amide bonds. The molecule has 0 aromatic heterocycles. The van der Waals surface area contributed by atoms with E-state index in [0.29, 0.717) is 45.0 Å². The highest BCUT2D eigenvalue weighted by Crippen LogP contribution is 2.44. The van der Waals surface area contributed by atoms with Gasteiger partial charge in [0.2, 0.25) is 0 Å². The number of aromatic hydroxyl groups is 2.